The molecule has 0 aliphatic heterocycles. The second-order valence-electron chi connectivity index (χ2n) is 6.91. The number of carbonyl (C=O) groups is 2. The summed E-state index contributed by atoms with van der Waals surface area (Å²) < 4.78 is 5.76. The second-order valence-corrected chi connectivity index (χ2v) is 6.91. The number of phenolic OH excluding ortho intramolecular Hbond substituents is 1. The number of unbranched alkanes of at least 4 members (excludes halogenated alkanes) is 1. The maximum absolute atomic E-state index is 12.5. The summed E-state index contributed by atoms with van der Waals surface area (Å²) in [6.45, 7) is 0. The molecule has 0 saturated carbocycles. The van der Waals surface area contributed by atoms with Crippen LogP contribution in [-0.2, 0) is 9.53 Å². The van der Waals surface area contributed by atoms with Gasteiger partial charge in [-0.05, 0) is 42.8 Å². The lowest BCUT2D eigenvalue weighted by molar-refractivity contribution is -0.124. The number of benzene rings is 3. The topological polar surface area (TPSA) is 108 Å². The lowest BCUT2D eigenvalue weighted by Crippen LogP contribution is -2.18. The van der Waals surface area contributed by atoms with E-state index in [4.69, 9.17) is 9.94 Å². The highest BCUT2D eigenvalue weighted by Gasteiger charge is 2.20. The zero-order valence-corrected chi connectivity index (χ0v) is 16.8. The lowest BCUT2D eigenvalue weighted by Gasteiger charge is -2.20. The van der Waals surface area contributed by atoms with Crippen LogP contribution in [0.4, 0.5) is 10.5 Å². The van der Waals surface area contributed by atoms with Crippen LogP contribution in [-0.4, -0.2) is 22.3 Å². The summed E-state index contributed by atoms with van der Waals surface area (Å²) in [5.41, 5.74) is 2.95. The normalized spacial score (nSPS) is 11.9. The molecule has 160 valence electrons. The Kier molecular flexibility index (Phi) is 7.61. The van der Waals surface area contributed by atoms with E-state index in [2.05, 4.69) is 5.32 Å². The van der Waals surface area contributed by atoms with Crippen LogP contribution in [0.15, 0.2) is 78.9 Å². The van der Waals surface area contributed by atoms with Crippen molar-refractivity contribution in [2.45, 2.75) is 25.4 Å². The molecule has 0 fully saturated rings. The van der Waals surface area contributed by atoms with Gasteiger partial charge in [-0.3, -0.25) is 15.3 Å². The van der Waals surface area contributed by atoms with Crippen molar-refractivity contribution >= 4 is 28.5 Å². The Hall–Kier alpha value is -3.84. The molecule has 2 amide bonds. The zero-order chi connectivity index (χ0) is 22.1. The lowest BCUT2D eigenvalue weighted by atomic mass is 9.96. The van der Waals surface area contributed by atoms with Gasteiger partial charge in [-0.25, -0.2) is 10.3 Å². The van der Waals surface area contributed by atoms with Gasteiger partial charge in [0.1, 0.15) is 11.9 Å². The molecule has 7 heteroatoms. The van der Waals surface area contributed by atoms with Gasteiger partial charge < -0.3 is 9.84 Å². The van der Waals surface area contributed by atoms with E-state index in [1.807, 2.05) is 42.5 Å². The third kappa shape index (κ3) is 6.07. The van der Waals surface area contributed by atoms with Crippen molar-refractivity contribution in [1.29, 1.82) is 0 Å². The van der Waals surface area contributed by atoms with E-state index < -0.39 is 18.1 Å². The molecule has 0 unspecified atom stereocenters. The summed E-state index contributed by atoms with van der Waals surface area (Å²) >= 11 is 0. The fourth-order valence-corrected chi connectivity index (χ4v) is 3.31. The SMILES string of the molecule is O=C(/C=C/CCC[C@H](OC(=O)Nc1ccccc1)c1ccc(O)c2ccccc12)NO. The third-order valence-electron chi connectivity index (χ3n) is 4.77. The molecular weight excluding hydrogens is 396 g/mol. The number of hydroxylamine groups is 1. The average molecular weight is 420 g/mol. The highest BCUT2D eigenvalue weighted by molar-refractivity contribution is 5.91. The zero-order valence-electron chi connectivity index (χ0n) is 16.8. The Morgan fingerprint density at radius 1 is 0.968 bits per heavy atom. The Balaban J connectivity index is 1.79. The number of nitrogens with one attached hydrogen (secondary N) is 2. The van der Waals surface area contributed by atoms with E-state index in [0.29, 0.717) is 30.3 Å². The van der Waals surface area contributed by atoms with Crippen molar-refractivity contribution in [3.8, 4) is 5.75 Å². The Morgan fingerprint density at radius 2 is 1.68 bits per heavy atom. The Bertz CT molecular complexity index is 1070. The quantitative estimate of drug-likeness (QED) is 0.176. The number of fused-ring (bicyclic) bond motifs is 1. The van der Waals surface area contributed by atoms with E-state index in [9.17, 15) is 14.7 Å². The van der Waals surface area contributed by atoms with E-state index in [1.165, 1.54) is 11.6 Å². The van der Waals surface area contributed by atoms with Gasteiger partial charge in [0, 0.05) is 22.7 Å². The van der Waals surface area contributed by atoms with Gasteiger partial charge in [-0.15, -0.1) is 0 Å². The van der Waals surface area contributed by atoms with Crippen LogP contribution in [0.1, 0.15) is 30.9 Å². The minimum atomic E-state index is -0.598. The van der Waals surface area contributed by atoms with Crippen LogP contribution in [0.2, 0.25) is 0 Å². The van der Waals surface area contributed by atoms with Crippen LogP contribution < -0.4 is 10.8 Å². The van der Waals surface area contributed by atoms with Crippen LogP contribution in [0.5, 0.6) is 5.75 Å². The molecule has 3 aromatic carbocycles. The first-order chi connectivity index (χ1) is 15.1. The molecule has 3 rings (SSSR count). The standard InChI is InChI=1S/C24H24N2O5/c27-21-16-15-20(18-11-7-8-12-19(18)21)22(13-5-2-6-14-23(28)26-30)31-24(29)25-17-9-3-1-4-10-17/h1,3-4,6-12,14-16,22,27,30H,2,5,13H2,(H,25,29)(H,26,28)/b14-6+/t22-/m0/s1. The van der Waals surface area contributed by atoms with Crippen molar-refractivity contribution in [3.05, 3.63) is 84.4 Å². The van der Waals surface area contributed by atoms with Crippen LogP contribution in [0.25, 0.3) is 10.8 Å². The van der Waals surface area contributed by atoms with Gasteiger partial charge in [0.25, 0.3) is 5.91 Å². The third-order valence-corrected chi connectivity index (χ3v) is 4.77. The maximum Gasteiger partial charge on any atom is 0.412 e. The number of rotatable bonds is 8. The van der Waals surface area contributed by atoms with E-state index in [1.54, 1.807) is 30.3 Å². The predicted octanol–water partition coefficient (Wildman–Crippen LogP) is 5.07. The van der Waals surface area contributed by atoms with Gasteiger partial charge in [0.05, 0.1) is 0 Å². The van der Waals surface area contributed by atoms with Crippen molar-refractivity contribution < 1.29 is 24.6 Å². The molecule has 0 radical (unpaired) electrons. The molecule has 0 saturated heterocycles. The minimum Gasteiger partial charge on any atom is -0.507 e. The van der Waals surface area contributed by atoms with Crippen LogP contribution >= 0.6 is 0 Å². The summed E-state index contributed by atoms with van der Waals surface area (Å²) in [6, 6.07) is 19.8. The van der Waals surface area contributed by atoms with Crippen LogP contribution in [0, 0.1) is 0 Å². The molecule has 0 spiro atoms. The molecule has 31 heavy (non-hydrogen) atoms. The molecule has 1 atom stereocenters. The minimum absolute atomic E-state index is 0.157. The first-order valence-electron chi connectivity index (χ1n) is 9.92. The number of anilines is 1. The number of carbonyl (C=O) groups excluding carboxylic acids is 2. The summed E-state index contributed by atoms with van der Waals surface area (Å²) in [6.07, 6.45) is 3.44. The first-order valence-corrected chi connectivity index (χ1v) is 9.92. The van der Waals surface area contributed by atoms with Gasteiger partial charge in [0.2, 0.25) is 0 Å². The van der Waals surface area contributed by atoms with Gasteiger partial charge in [0.15, 0.2) is 0 Å². The molecular formula is C24H24N2O5. The number of amides is 2. The van der Waals surface area contributed by atoms with Gasteiger partial charge in [-0.1, -0.05) is 54.6 Å². The van der Waals surface area contributed by atoms with E-state index in [-0.39, 0.29) is 5.75 Å². The highest BCUT2D eigenvalue weighted by atomic mass is 16.6. The van der Waals surface area contributed by atoms with Crippen molar-refractivity contribution in [1.82, 2.24) is 5.48 Å². The number of para-hydroxylation sites is 1. The molecule has 0 aliphatic carbocycles. The Labute approximate surface area is 179 Å². The molecule has 0 aromatic heterocycles. The molecule has 0 aliphatic rings. The fourth-order valence-electron chi connectivity index (χ4n) is 3.31. The van der Waals surface area contributed by atoms with Crippen LogP contribution in [0.3, 0.4) is 0 Å². The molecule has 7 nitrogen and oxygen atoms in total. The summed E-state index contributed by atoms with van der Waals surface area (Å²) in [5, 5.41) is 22.9. The van der Waals surface area contributed by atoms with Crippen molar-refractivity contribution in [2.24, 2.45) is 0 Å². The molecule has 0 heterocycles. The van der Waals surface area contributed by atoms with E-state index >= 15 is 0 Å². The van der Waals surface area contributed by atoms with Crippen molar-refractivity contribution in [2.75, 3.05) is 5.32 Å². The Morgan fingerprint density at radius 3 is 2.42 bits per heavy atom. The number of hydrogen-bond acceptors (Lipinski definition) is 5. The average Bonchev–Trinajstić information content (AvgIpc) is 2.79. The fraction of sp³-hybridized carbons (Fsp3) is 0.167. The smallest absolute Gasteiger partial charge is 0.412 e. The maximum atomic E-state index is 12.5. The number of allylic oxidation sites excluding steroid dienone is 1. The largest absolute Gasteiger partial charge is 0.507 e. The van der Waals surface area contributed by atoms with E-state index in [0.717, 1.165) is 10.9 Å². The molecule has 4 N–H and O–H groups in total. The highest BCUT2D eigenvalue weighted by Crippen LogP contribution is 2.34. The predicted molar refractivity (Wildman–Crippen MR) is 118 cm³/mol. The second kappa shape index (κ2) is 10.8. The number of ether oxygens (including phenoxy) is 1. The number of aromatic hydroxyl groups is 1. The molecule has 3 aromatic rings. The first kappa shape index (κ1) is 21.9. The molecule has 0 bridgehead atoms. The van der Waals surface area contributed by atoms with Gasteiger partial charge in [-0.2, -0.15) is 0 Å². The summed E-state index contributed by atoms with van der Waals surface area (Å²) in [4.78, 5) is 23.6. The van der Waals surface area contributed by atoms with Gasteiger partial charge >= 0.3 is 6.09 Å². The summed E-state index contributed by atoms with van der Waals surface area (Å²) in [5.74, 6) is -0.440. The monoisotopic (exact) mass is 420 g/mol. The summed E-state index contributed by atoms with van der Waals surface area (Å²) in [7, 11) is 0. The number of phenols is 1. The number of hydrogen-bond donors (Lipinski definition) is 4. The van der Waals surface area contributed by atoms with Crippen molar-refractivity contribution in [3.63, 3.8) is 0 Å².